The number of nitrogens with one attached hydrogen (secondary N) is 2. The molecule has 3 aromatic rings. The van der Waals surface area contributed by atoms with Crippen molar-refractivity contribution < 1.29 is 19.1 Å². The zero-order valence-corrected chi connectivity index (χ0v) is 15.2. The van der Waals surface area contributed by atoms with E-state index in [4.69, 9.17) is 0 Å². The summed E-state index contributed by atoms with van der Waals surface area (Å²) in [5.41, 5.74) is 3.65. The Morgan fingerprint density at radius 3 is 2.75 bits per heavy atom. The number of aromatic nitrogens is 1. The second-order valence-electron chi connectivity index (χ2n) is 7.34. The summed E-state index contributed by atoms with van der Waals surface area (Å²) in [6.07, 6.45) is 2.26. The number of carbonyl (C=O) groups excluding carboxylic acids is 1. The number of hydrogen-bond donors (Lipinski definition) is 3. The van der Waals surface area contributed by atoms with Gasteiger partial charge in [0, 0.05) is 23.5 Å². The second-order valence-corrected chi connectivity index (χ2v) is 7.34. The van der Waals surface area contributed by atoms with Crippen LogP contribution in [0, 0.1) is 11.7 Å². The summed E-state index contributed by atoms with van der Waals surface area (Å²) in [6, 6.07) is 13.2. The molecule has 1 aliphatic carbocycles. The number of aromatic amines is 1. The van der Waals surface area contributed by atoms with Crippen molar-refractivity contribution in [2.75, 3.05) is 0 Å². The largest absolute Gasteiger partial charge is 0.480 e. The SMILES string of the molecule is O=C(N[C@H](Cc1cc2ccc(F)cc2[nH]1)C(=O)O)C1CCc2ccccc2C1. The standard InChI is InChI=1S/C22H21FN2O3/c23-17-8-7-15-10-18(24-19(15)11-17)12-20(22(27)28)25-21(26)16-6-5-13-3-1-2-4-14(13)9-16/h1-4,7-8,10-11,16,20,24H,5-6,9,12H2,(H,25,26)(H,27,28)/t16?,20-/m1/s1. The number of H-pyrrole nitrogens is 1. The fourth-order valence-electron chi connectivity index (χ4n) is 3.90. The van der Waals surface area contributed by atoms with Crippen LogP contribution in [0.25, 0.3) is 10.9 Å². The number of amides is 1. The highest BCUT2D eigenvalue weighted by molar-refractivity contribution is 5.86. The number of halogens is 1. The molecule has 3 N–H and O–H groups in total. The van der Waals surface area contributed by atoms with Gasteiger partial charge in [0.1, 0.15) is 11.9 Å². The highest BCUT2D eigenvalue weighted by atomic mass is 19.1. The minimum absolute atomic E-state index is 0.112. The third kappa shape index (κ3) is 3.76. The molecule has 6 heteroatoms. The molecular weight excluding hydrogens is 359 g/mol. The smallest absolute Gasteiger partial charge is 0.326 e. The van der Waals surface area contributed by atoms with E-state index in [0.29, 0.717) is 24.1 Å². The molecule has 2 atom stereocenters. The average Bonchev–Trinajstić information content (AvgIpc) is 3.08. The van der Waals surface area contributed by atoms with Gasteiger partial charge >= 0.3 is 5.97 Å². The maximum Gasteiger partial charge on any atom is 0.326 e. The zero-order chi connectivity index (χ0) is 19.7. The van der Waals surface area contributed by atoms with Gasteiger partial charge in [-0.3, -0.25) is 4.79 Å². The quantitative estimate of drug-likeness (QED) is 0.636. The number of carboxylic acids is 1. The Morgan fingerprint density at radius 1 is 1.18 bits per heavy atom. The molecule has 1 aromatic heterocycles. The topological polar surface area (TPSA) is 82.2 Å². The van der Waals surface area contributed by atoms with Gasteiger partial charge in [-0.2, -0.15) is 0 Å². The van der Waals surface area contributed by atoms with E-state index in [-0.39, 0.29) is 24.1 Å². The van der Waals surface area contributed by atoms with Gasteiger partial charge in [-0.1, -0.05) is 24.3 Å². The predicted octanol–water partition coefficient (Wildman–Crippen LogP) is 3.22. The number of carbonyl (C=O) groups is 2. The highest BCUT2D eigenvalue weighted by Gasteiger charge is 2.28. The molecule has 0 saturated heterocycles. The van der Waals surface area contributed by atoms with Crippen LogP contribution in [0.15, 0.2) is 48.5 Å². The monoisotopic (exact) mass is 380 g/mol. The molecule has 1 aliphatic rings. The molecule has 1 amide bonds. The van der Waals surface area contributed by atoms with Gasteiger partial charge in [-0.25, -0.2) is 9.18 Å². The number of carboxylic acid groups (broad SMARTS) is 1. The number of aryl methyl sites for hydroxylation is 1. The van der Waals surface area contributed by atoms with Crippen molar-refractivity contribution in [1.29, 1.82) is 0 Å². The van der Waals surface area contributed by atoms with E-state index < -0.39 is 12.0 Å². The molecule has 0 radical (unpaired) electrons. The van der Waals surface area contributed by atoms with Crippen molar-refractivity contribution >= 4 is 22.8 Å². The van der Waals surface area contributed by atoms with Crippen LogP contribution < -0.4 is 5.32 Å². The number of fused-ring (bicyclic) bond motifs is 2. The van der Waals surface area contributed by atoms with E-state index in [1.807, 2.05) is 18.2 Å². The van der Waals surface area contributed by atoms with Crippen LogP contribution in [0.3, 0.4) is 0 Å². The van der Waals surface area contributed by atoms with Crippen LogP contribution in [0.5, 0.6) is 0 Å². The molecule has 0 fully saturated rings. The minimum Gasteiger partial charge on any atom is -0.480 e. The summed E-state index contributed by atoms with van der Waals surface area (Å²) in [5.74, 6) is -1.91. The van der Waals surface area contributed by atoms with Crippen LogP contribution in [0.2, 0.25) is 0 Å². The maximum absolute atomic E-state index is 13.3. The van der Waals surface area contributed by atoms with Crippen LogP contribution in [-0.4, -0.2) is 28.0 Å². The molecule has 28 heavy (non-hydrogen) atoms. The van der Waals surface area contributed by atoms with Crippen molar-refractivity contribution in [3.8, 4) is 0 Å². The summed E-state index contributed by atoms with van der Waals surface area (Å²) in [7, 11) is 0. The third-order valence-electron chi connectivity index (χ3n) is 5.40. The molecule has 1 heterocycles. The van der Waals surface area contributed by atoms with E-state index in [9.17, 15) is 19.1 Å². The Balaban J connectivity index is 1.46. The van der Waals surface area contributed by atoms with E-state index >= 15 is 0 Å². The fraction of sp³-hybridized carbons (Fsp3) is 0.273. The van der Waals surface area contributed by atoms with Crippen molar-refractivity contribution in [1.82, 2.24) is 10.3 Å². The Bertz CT molecular complexity index is 1040. The molecule has 2 aromatic carbocycles. The zero-order valence-electron chi connectivity index (χ0n) is 15.2. The first-order valence-electron chi connectivity index (χ1n) is 9.37. The summed E-state index contributed by atoms with van der Waals surface area (Å²) < 4.78 is 13.3. The Labute approximate surface area is 161 Å². The minimum atomic E-state index is -1.09. The molecule has 0 bridgehead atoms. The van der Waals surface area contributed by atoms with Gasteiger partial charge in [0.2, 0.25) is 5.91 Å². The molecule has 1 unspecified atom stereocenters. The number of aliphatic carboxylic acids is 1. The molecular formula is C22H21FN2O3. The molecule has 144 valence electrons. The predicted molar refractivity (Wildman–Crippen MR) is 103 cm³/mol. The first-order chi connectivity index (χ1) is 13.5. The normalized spacial score (nSPS) is 17.1. The van der Waals surface area contributed by atoms with Crippen LogP contribution in [0.1, 0.15) is 23.2 Å². The molecule has 5 nitrogen and oxygen atoms in total. The Morgan fingerprint density at radius 2 is 1.96 bits per heavy atom. The number of benzene rings is 2. The lowest BCUT2D eigenvalue weighted by Crippen LogP contribution is -2.46. The summed E-state index contributed by atoms with van der Waals surface area (Å²) in [5, 5.41) is 13.1. The van der Waals surface area contributed by atoms with Gasteiger partial charge in [0.25, 0.3) is 0 Å². The fourth-order valence-corrected chi connectivity index (χ4v) is 3.90. The van der Waals surface area contributed by atoms with E-state index in [1.54, 1.807) is 12.1 Å². The van der Waals surface area contributed by atoms with Gasteiger partial charge in [0.05, 0.1) is 0 Å². The number of hydrogen-bond acceptors (Lipinski definition) is 2. The van der Waals surface area contributed by atoms with Crippen molar-refractivity contribution in [2.24, 2.45) is 5.92 Å². The molecule has 0 spiro atoms. The van der Waals surface area contributed by atoms with Crippen molar-refractivity contribution in [3.05, 3.63) is 71.2 Å². The lowest BCUT2D eigenvalue weighted by Gasteiger charge is -2.25. The van der Waals surface area contributed by atoms with Crippen LogP contribution >= 0.6 is 0 Å². The summed E-state index contributed by atoms with van der Waals surface area (Å²) in [4.78, 5) is 27.4. The highest BCUT2D eigenvalue weighted by Crippen LogP contribution is 2.25. The van der Waals surface area contributed by atoms with Gasteiger partial charge in [-0.05, 0) is 60.0 Å². The second kappa shape index (κ2) is 7.46. The van der Waals surface area contributed by atoms with E-state index in [2.05, 4.69) is 16.4 Å². The maximum atomic E-state index is 13.3. The van der Waals surface area contributed by atoms with Crippen molar-refractivity contribution in [3.63, 3.8) is 0 Å². The molecule has 4 rings (SSSR count). The van der Waals surface area contributed by atoms with Crippen LogP contribution in [-0.2, 0) is 28.9 Å². The van der Waals surface area contributed by atoms with Gasteiger partial charge in [0.15, 0.2) is 0 Å². The lowest BCUT2D eigenvalue weighted by molar-refractivity contribution is -0.142. The number of rotatable bonds is 5. The van der Waals surface area contributed by atoms with E-state index in [1.165, 1.54) is 17.7 Å². The first-order valence-corrected chi connectivity index (χ1v) is 9.37. The lowest BCUT2D eigenvalue weighted by atomic mass is 9.83. The summed E-state index contributed by atoms with van der Waals surface area (Å²) >= 11 is 0. The Kier molecular flexibility index (Phi) is 4.86. The van der Waals surface area contributed by atoms with E-state index in [0.717, 1.165) is 17.4 Å². The first kappa shape index (κ1) is 18.2. The Hall–Kier alpha value is -3.15. The van der Waals surface area contributed by atoms with Crippen LogP contribution in [0.4, 0.5) is 4.39 Å². The summed E-state index contributed by atoms with van der Waals surface area (Å²) in [6.45, 7) is 0. The average molecular weight is 380 g/mol. The van der Waals surface area contributed by atoms with Gasteiger partial charge in [-0.15, -0.1) is 0 Å². The molecule has 0 aliphatic heterocycles. The molecule has 0 saturated carbocycles. The third-order valence-corrected chi connectivity index (χ3v) is 5.40. The van der Waals surface area contributed by atoms with Gasteiger partial charge < -0.3 is 15.4 Å². The van der Waals surface area contributed by atoms with Crippen molar-refractivity contribution in [2.45, 2.75) is 31.7 Å².